The van der Waals surface area contributed by atoms with Gasteiger partial charge in [0.1, 0.15) is 6.10 Å². The van der Waals surface area contributed by atoms with Gasteiger partial charge in [-0.25, -0.2) is 4.98 Å². The summed E-state index contributed by atoms with van der Waals surface area (Å²) < 4.78 is 6.67. The van der Waals surface area contributed by atoms with E-state index in [0.717, 1.165) is 29.2 Å². The highest BCUT2D eigenvalue weighted by Crippen LogP contribution is 2.24. The van der Waals surface area contributed by atoms with Crippen molar-refractivity contribution in [3.8, 4) is 0 Å². The molecule has 5 nitrogen and oxygen atoms in total. The summed E-state index contributed by atoms with van der Waals surface area (Å²) in [5.74, 6) is -0.105. The van der Waals surface area contributed by atoms with E-state index in [9.17, 15) is 4.79 Å². The molecule has 0 aliphatic carbocycles. The van der Waals surface area contributed by atoms with Crippen LogP contribution < -0.4 is 10.6 Å². The number of ether oxygens (including phenoxy) is 1. The summed E-state index contributed by atoms with van der Waals surface area (Å²) in [6, 6.07) is 16.1. The van der Waals surface area contributed by atoms with Crippen LogP contribution in [0, 0.1) is 0 Å². The molecule has 0 spiro atoms. The Morgan fingerprint density at radius 1 is 1.23 bits per heavy atom. The predicted octanol–water partition coefficient (Wildman–Crippen LogP) is 3.24. The van der Waals surface area contributed by atoms with Gasteiger partial charge in [0.05, 0.1) is 21.8 Å². The third-order valence-electron chi connectivity index (χ3n) is 4.14. The van der Waals surface area contributed by atoms with Gasteiger partial charge in [-0.3, -0.25) is 4.79 Å². The molecule has 1 fully saturated rings. The van der Waals surface area contributed by atoms with E-state index >= 15 is 0 Å². The Kier molecular flexibility index (Phi) is 6.21. The number of nitrogens with one attached hydrogen (secondary N) is 2. The Bertz CT molecular complexity index is 843. The fourth-order valence-corrected chi connectivity index (χ4v) is 3.83. The molecule has 2 heterocycles. The van der Waals surface area contributed by atoms with Crippen molar-refractivity contribution in [3.05, 3.63) is 59.1 Å². The van der Waals surface area contributed by atoms with Crippen molar-refractivity contribution in [1.82, 2.24) is 10.3 Å². The Labute approximate surface area is 162 Å². The maximum absolute atomic E-state index is 12.2. The lowest BCUT2D eigenvalue weighted by atomic mass is 10.1. The van der Waals surface area contributed by atoms with Gasteiger partial charge in [-0.05, 0) is 29.8 Å². The van der Waals surface area contributed by atoms with Crippen molar-refractivity contribution in [3.63, 3.8) is 0 Å². The number of morpholine rings is 1. The van der Waals surface area contributed by atoms with E-state index in [-0.39, 0.29) is 18.3 Å². The number of aromatic nitrogens is 1. The number of nitrogens with zero attached hydrogens (tertiary/aromatic N) is 1. The zero-order valence-corrected chi connectivity index (χ0v) is 15.7. The third kappa shape index (κ3) is 4.40. The van der Waals surface area contributed by atoms with Crippen LogP contribution in [0.4, 0.5) is 5.69 Å². The second kappa shape index (κ2) is 8.60. The largest absolute Gasteiger partial charge is 0.366 e. The molecule has 2 aromatic carbocycles. The van der Waals surface area contributed by atoms with Crippen LogP contribution >= 0.6 is 23.7 Å². The zero-order valence-electron chi connectivity index (χ0n) is 14.1. The number of thiazole rings is 1. The van der Waals surface area contributed by atoms with Gasteiger partial charge in [-0.2, -0.15) is 0 Å². The number of carbonyl (C=O) groups is 1. The summed E-state index contributed by atoms with van der Waals surface area (Å²) in [5.41, 5.74) is 3.01. The number of hydrogen-bond donors (Lipinski definition) is 2. The number of para-hydroxylation sites is 1. The van der Waals surface area contributed by atoms with Gasteiger partial charge in [-0.15, -0.1) is 23.7 Å². The third-order valence-corrected chi connectivity index (χ3v) is 5.17. The highest BCUT2D eigenvalue weighted by Gasteiger charge is 2.21. The number of benzene rings is 2. The van der Waals surface area contributed by atoms with Crippen LogP contribution in [-0.2, 0) is 16.0 Å². The van der Waals surface area contributed by atoms with Gasteiger partial charge in [0.25, 0.3) is 5.91 Å². The summed E-state index contributed by atoms with van der Waals surface area (Å²) >= 11 is 1.72. The fraction of sp³-hybridized carbons (Fsp3) is 0.263. The van der Waals surface area contributed by atoms with E-state index in [1.54, 1.807) is 11.3 Å². The molecule has 136 valence electrons. The van der Waals surface area contributed by atoms with Crippen molar-refractivity contribution in [2.24, 2.45) is 0 Å². The van der Waals surface area contributed by atoms with Crippen LogP contribution in [0.2, 0.25) is 0 Å². The highest BCUT2D eigenvalue weighted by atomic mass is 35.5. The van der Waals surface area contributed by atoms with Crippen LogP contribution in [0.5, 0.6) is 0 Å². The number of rotatable bonds is 4. The van der Waals surface area contributed by atoms with Crippen LogP contribution in [0.1, 0.15) is 10.6 Å². The van der Waals surface area contributed by atoms with Gasteiger partial charge in [0.15, 0.2) is 0 Å². The Morgan fingerprint density at radius 2 is 2.04 bits per heavy atom. The summed E-state index contributed by atoms with van der Waals surface area (Å²) in [4.78, 5) is 16.8. The first-order valence-corrected chi connectivity index (χ1v) is 9.16. The first-order valence-electron chi connectivity index (χ1n) is 8.34. The van der Waals surface area contributed by atoms with E-state index in [0.29, 0.717) is 13.2 Å². The summed E-state index contributed by atoms with van der Waals surface area (Å²) in [5, 5.41) is 7.16. The van der Waals surface area contributed by atoms with Gasteiger partial charge in [-0.1, -0.05) is 24.3 Å². The minimum Gasteiger partial charge on any atom is -0.366 e. The second-order valence-electron chi connectivity index (χ2n) is 6.00. The molecule has 0 saturated carbocycles. The lowest BCUT2D eigenvalue weighted by Gasteiger charge is -2.22. The molecule has 1 amide bonds. The maximum Gasteiger partial charge on any atom is 0.254 e. The van der Waals surface area contributed by atoms with Crippen molar-refractivity contribution in [2.75, 3.05) is 25.0 Å². The molecule has 1 atom stereocenters. The SMILES string of the molecule is Cl.O=C(Nc1ccc(Cc2nc3ccccc3s2)cc1)C1CNCCO1. The number of anilines is 1. The number of halogens is 1. The molecule has 1 aromatic heterocycles. The van der Waals surface area contributed by atoms with Crippen LogP contribution in [-0.4, -0.2) is 36.7 Å². The minimum atomic E-state index is -0.420. The molecule has 1 saturated heterocycles. The molecule has 0 radical (unpaired) electrons. The standard InChI is InChI=1S/C19H19N3O2S.ClH/c23-19(16-12-20-9-10-24-16)21-14-7-5-13(6-8-14)11-18-22-15-3-1-2-4-17(15)25-18;/h1-8,16,20H,9-12H2,(H,21,23);1H. The molecular weight excluding hydrogens is 370 g/mol. The zero-order chi connectivity index (χ0) is 17.1. The molecule has 0 bridgehead atoms. The first kappa shape index (κ1) is 18.8. The molecule has 1 aliphatic rings. The van der Waals surface area contributed by atoms with E-state index < -0.39 is 6.10 Å². The monoisotopic (exact) mass is 389 g/mol. The topological polar surface area (TPSA) is 63.2 Å². The van der Waals surface area contributed by atoms with E-state index in [1.807, 2.05) is 42.5 Å². The summed E-state index contributed by atoms with van der Waals surface area (Å²) in [6.45, 7) is 1.92. The second-order valence-corrected chi connectivity index (χ2v) is 7.12. The van der Waals surface area contributed by atoms with Crippen molar-refractivity contribution >= 4 is 45.6 Å². The number of fused-ring (bicyclic) bond motifs is 1. The quantitative estimate of drug-likeness (QED) is 0.719. The van der Waals surface area contributed by atoms with Gasteiger partial charge < -0.3 is 15.4 Å². The van der Waals surface area contributed by atoms with E-state index in [1.165, 1.54) is 10.3 Å². The van der Waals surface area contributed by atoms with E-state index in [2.05, 4.69) is 21.7 Å². The summed E-state index contributed by atoms with van der Waals surface area (Å²) in [7, 11) is 0. The van der Waals surface area contributed by atoms with Crippen molar-refractivity contribution in [1.29, 1.82) is 0 Å². The van der Waals surface area contributed by atoms with Crippen LogP contribution in [0.25, 0.3) is 10.2 Å². The van der Waals surface area contributed by atoms with Gasteiger partial charge in [0, 0.05) is 25.2 Å². The van der Waals surface area contributed by atoms with Crippen molar-refractivity contribution in [2.45, 2.75) is 12.5 Å². The maximum atomic E-state index is 12.2. The normalized spacial score (nSPS) is 16.8. The number of hydrogen-bond acceptors (Lipinski definition) is 5. The molecule has 1 unspecified atom stereocenters. The predicted molar refractivity (Wildman–Crippen MR) is 107 cm³/mol. The van der Waals surface area contributed by atoms with Crippen molar-refractivity contribution < 1.29 is 9.53 Å². The Morgan fingerprint density at radius 3 is 2.77 bits per heavy atom. The molecule has 3 aromatic rings. The first-order chi connectivity index (χ1) is 12.3. The number of carbonyl (C=O) groups excluding carboxylic acids is 1. The van der Waals surface area contributed by atoms with Crippen LogP contribution in [0.15, 0.2) is 48.5 Å². The average molecular weight is 390 g/mol. The highest BCUT2D eigenvalue weighted by molar-refractivity contribution is 7.18. The summed E-state index contributed by atoms with van der Waals surface area (Å²) in [6.07, 6.45) is 0.375. The molecule has 26 heavy (non-hydrogen) atoms. The minimum absolute atomic E-state index is 0. The molecule has 1 aliphatic heterocycles. The smallest absolute Gasteiger partial charge is 0.254 e. The Balaban J connectivity index is 0.00000196. The molecule has 7 heteroatoms. The van der Waals surface area contributed by atoms with Gasteiger partial charge in [0.2, 0.25) is 0 Å². The molecular formula is C19H20ClN3O2S. The lowest BCUT2D eigenvalue weighted by Crippen LogP contribution is -2.45. The van der Waals surface area contributed by atoms with Crippen LogP contribution in [0.3, 0.4) is 0 Å². The fourth-order valence-electron chi connectivity index (χ4n) is 2.83. The lowest BCUT2D eigenvalue weighted by molar-refractivity contribution is -0.128. The molecule has 4 rings (SSSR count). The molecule has 2 N–H and O–H groups in total. The number of amides is 1. The average Bonchev–Trinajstić information content (AvgIpc) is 3.06. The Hall–Kier alpha value is -1.99. The van der Waals surface area contributed by atoms with E-state index in [4.69, 9.17) is 4.74 Å². The van der Waals surface area contributed by atoms with Gasteiger partial charge >= 0.3 is 0 Å².